The largest absolute Gasteiger partial charge is 0.324 e. The highest BCUT2D eigenvalue weighted by Gasteiger charge is 2.37. The molecule has 0 fully saturated rings. The van der Waals surface area contributed by atoms with Crippen molar-refractivity contribution in [3.8, 4) is 0 Å². The van der Waals surface area contributed by atoms with Crippen LogP contribution >= 0.6 is 0 Å². The Labute approximate surface area is 94.6 Å². The van der Waals surface area contributed by atoms with E-state index in [1.165, 1.54) is 6.92 Å². The van der Waals surface area contributed by atoms with E-state index in [0.29, 0.717) is 5.69 Å². The van der Waals surface area contributed by atoms with Crippen molar-refractivity contribution in [3.05, 3.63) is 23.3 Å². The summed E-state index contributed by atoms with van der Waals surface area (Å²) in [7, 11) is -3.52. The molecule has 0 aromatic heterocycles. The molecular weight excluding hydrogens is 226 g/mol. The van der Waals surface area contributed by atoms with Crippen molar-refractivity contribution in [1.82, 2.24) is 0 Å². The molecule has 1 aromatic rings. The van der Waals surface area contributed by atoms with Crippen molar-refractivity contribution in [2.75, 3.05) is 5.32 Å². The Hall–Kier alpha value is -1.36. The SMILES string of the molecule is Cc1ccc2c(c1C)NC(=O)C(C)S2(=O)=O. The summed E-state index contributed by atoms with van der Waals surface area (Å²) < 4.78 is 24.0. The first kappa shape index (κ1) is 11.1. The lowest BCUT2D eigenvalue weighted by Gasteiger charge is -2.24. The quantitative estimate of drug-likeness (QED) is 0.744. The van der Waals surface area contributed by atoms with Crippen LogP contribution in [0.25, 0.3) is 0 Å². The highest BCUT2D eigenvalue weighted by Crippen LogP contribution is 2.34. The highest BCUT2D eigenvalue weighted by molar-refractivity contribution is 7.93. The fraction of sp³-hybridized carbons (Fsp3) is 0.364. The maximum Gasteiger partial charge on any atom is 0.242 e. The summed E-state index contributed by atoms with van der Waals surface area (Å²) in [4.78, 5) is 11.8. The maximum atomic E-state index is 12.0. The molecule has 0 saturated heterocycles. The molecule has 1 N–H and O–H groups in total. The number of rotatable bonds is 0. The number of hydrogen-bond acceptors (Lipinski definition) is 3. The molecule has 1 aliphatic rings. The van der Waals surface area contributed by atoms with E-state index >= 15 is 0 Å². The number of nitrogens with one attached hydrogen (secondary N) is 1. The molecule has 16 heavy (non-hydrogen) atoms. The molecule has 1 aromatic carbocycles. The molecular formula is C11H13NO3S. The highest BCUT2D eigenvalue weighted by atomic mass is 32.2. The van der Waals surface area contributed by atoms with Gasteiger partial charge in [-0.15, -0.1) is 0 Å². The van der Waals surface area contributed by atoms with E-state index in [4.69, 9.17) is 0 Å². The molecule has 0 spiro atoms. The Kier molecular flexibility index (Phi) is 2.31. The zero-order valence-corrected chi connectivity index (χ0v) is 10.2. The van der Waals surface area contributed by atoms with Crippen LogP contribution in [0.4, 0.5) is 5.69 Å². The standard InChI is InChI=1S/C11H13NO3S/c1-6-4-5-9-10(7(6)2)12-11(13)8(3)16(9,14)15/h4-5,8H,1-3H3,(H,12,13). The van der Waals surface area contributed by atoms with E-state index < -0.39 is 21.0 Å². The van der Waals surface area contributed by atoms with Crippen molar-refractivity contribution < 1.29 is 13.2 Å². The maximum absolute atomic E-state index is 12.0. The molecule has 86 valence electrons. The van der Waals surface area contributed by atoms with Crippen molar-refractivity contribution in [3.63, 3.8) is 0 Å². The zero-order valence-electron chi connectivity index (χ0n) is 9.37. The van der Waals surface area contributed by atoms with Gasteiger partial charge in [0.15, 0.2) is 9.84 Å². The molecule has 1 amide bonds. The Morgan fingerprint density at radius 1 is 1.25 bits per heavy atom. The van der Waals surface area contributed by atoms with Gasteiger partial charge in [-0.25, -0.2) is 8.42 Å². The number of hydrogen-bond donors (Lipinski definition) is 1. The summed E-state index contributed by atoms with van der Waals surface area (Å²) in [5.74, 6) is -0.457. The van der Waals surface area contributed by atoms with Gasteiger partial charge in [-0.3, -0.25) is 4.79 Å². The fourth-order valence-corrected chi connectivity index (χ4v) is 3.21. The van der Waals surface area contributed by atoms with Crippen molar-refractivity contribution in [1.29, 1.82) is 0 Å². The normalized spacial score (nSPS) is 22.4. The lowest BCUT2D eigenvalue weighted by molar-refractivity contribution is -0.115. The molecule has 1 aliphatic heterocycles. The van der Waals surface area contributed by atoms with Crippen LogP contribution in [0.1, 0.15) is 18.1 Å². The predicted octanol–water partition coefficient (Wildman–Crippen LogP) is 1.42. The lowest BCUT2D eigenvalue weighted by atomic mass is 10.1. The average Bonchev–Trinajstić information content (AvgIpc) is 2.21. The number of fused-ring (bicyclic) bond motifs is 1. The van der Waals surface area contributed by atoms with Gasteiger partial charge in [-0.05, 0) is 38.0 Å². The number of sulfone groups is 1. The number of carbonyl (C=O) groups is 1. The molecule has 1 atom stereocenters. The van der Waals surface area contributed by atoms with Gasteiger partial charge in [0, 0.05) is 0 Å². The van der Waals surface area contributed by atoms with Gasteiger partial charge in [0.05, 0.1) is 10.6 Å². The van der Waals surface area contributed by atoms with E-state index in [2.05, 4.69) is 5.32 Å². The van der Waals surface area contributed by atoms with Gasteiger partial charge in [-0.1, -0.05) is 6.07 Å². The lowest BCUT2D eigenvalue weighted by Crippen LogP contribution is -2.38. The Bertz CT molecular complexity index is 575. The summed E-state index contributed by atoms with van der Waals surface area (Å²) in [5.41, 5.74) is 2.20. The molecule has 5 heteroatoms. The van der Waals surface area contributed by atoms with Gasteiger partial charge >= 0.3 is 0 Å². The Morgan fingerprint density at radius 3 is 2.50 bits per heavy atom. The molecule has 0 bridgehead atoms. The van der Waals surface area contributed by atoms with Gasteiger partial charge in [0.2, 0.25) is 5.91 Å². The molecule has 0 saturated carbocycles. The summed E-state index contributed by atoms with van der Waals surface area (Å²) >= 11 is 0. The van der Waals surface area contributed by atoms with Crippen LogP contribution in [0.5, 0.6) is 0 Å². The zero-order chi connectivity index (χ0) is 12.1. The molecule has 0 aliphatic carbocycles. The number of amides is 1. The first-order chi connectivity index (χ1) is 7.35. The fourth-order valence-electron chi connectivity index (χ4n) is 1.74. The smallest absolute Gasteiger partial charge is 0.242 e. The molecule has 2 rings (SSSR count). The van der Waals surface area contributed by atoms with Crippen molar-refractivity contribution in [2.24, 2.45) is 0 Å². The molecule has 0 radical (unpaired) electrons. The summed E-state index contributed by atoms with van der Waals surface area (Å²) in [6, 6.07) is 3.32. The van der Waals surface area contributed by atoms with Gasteiger partial charge in [0.1, 0.15) is 5.25 Å². The summed E-state index contributed by atoms with van der Waals surface area (Å²) in [6.07, 6.45) is 0. The average molecular weight is 239 g/mol. The molecule has 1 heterocycles. The van der Waals surface area contributed by atoms with E-state index in [0.717, 1.165) is 11.1 Å². The van der Waals surface area contributed by atoms with E-state index in [-0.39, 0.29) is 4.90 Å². The van der Waals surface area contributed by atoms with Crippen LogP contribution in [0.2, 0.25) is 0 Å². The Morgan fingerprint density at radius 2 is 1.88 bits per heavy atom. The minimum atomic E-state index is -3.52. The van der Waals surface area contributed by atoms with Crippen LogP contribution in [-0.2, 0) is 14.6 Å². The minimum Gasteiger partial charge on any atom is -0.324 e. The van der Waals surface area contributed by atoms with E-state index in [1.807, 2.05) is 6.92 Å². The predicted molar refractivity (Wildman–Crippen MR) is 61.2 cm³/mol. The third-order valence-corrected chi connectivity index (χ3v) is 5.19. The number of aryl methyl sites for hydroxylation is 1. The number of carbonyl (C=O) groups excluding carboxylic acids is 1. The van der Waals surface area contributed by atoms with Crippen molar-refractivity contribution in [2.45, 2.75) is 30.9 Å². The monoisotopic (exact) mass is 239 g/mol. The third kappa shape index (κ3) is 1.35. The van der Waals surface area contributed by atoms with E-state index in [1.54, 1.807) is 19.1 Å². The number of benzene rings is 1. The molecule has 1 unspecified atom stereocenters. The molecule has 4 nitrogen and oxygen atoms in total. The first-order valence-corrected chi connectivity index (χ1v) is 6.55. The number of anilines is 1. The van der Waals surface area contributed by atoms with Gasteiger partial charge in [-0.2, -0.15) is 0 Å². The third-order valence-electron chi connectivity index (χ3n) is 3.09. The van der Waals surface area contributed by atoms with Crippen LogP contribution in [0.15, 0.2) is 17.0 Å². The second-order valence-corrected chi connectivity index (χ2v) is 6.29. The summed E-state index contributed by atoms with van der Waals surface area (Å²) in [5, 5.41) is 1.64. The van der Waals surface area contributed by atoms with Crippen LogP contribution in [0, 0.1) is 13.8 Å². The van der Waals surface area contributed by atoms with Crippen LogP contribution < -0.4 is 5.32 Å². The second-order valence-electron chi connectivity index (χ2n) is 4.06. The van der Waals surface area contributed by atoms with Gasteiger partial charge < -0.3 is 5.32 Å². The topological polar surface area (TPSA) is 63.2 Å². The minimum absolute atomic E-state index is 0.225. The van der Waals surface area contributed by atoms with Crippen LogP contribution in [-0.4, -0.2) is 19.6 Å². The van der Waals surface area contributed by atoms with Crippen molar-refractivity contribution >= 4 is 21.4 Å². The van der Waals surface area contributed by atoms with Crippen LogP contribution in [0.3, 0.4) is 0 Å². The first-order valence-electron chi connectivity index (χ1n) is 5.00. The summed E-state index contributed by atoms with van der Waals surface area (Å²) in [6.45, 7) is 5.09. The van der Waals surface area contributed by atoms with Gasteiger partial charge in [0.25, 0.3) is 0 Å². The van der Waals surface area contributed by atoms with E-state index in [9.17, 15) is 13.2 Å². The second kappa shape index (κ2) is 3.31. The Balaban J connectivity index is 2.80.